The summed E-state index contributed by atoms with van der Waals surface area (Å²) >= 11 is 3.26. The Morgan fingerprint density at radius 2 is 2.12 bits per heavy atom. The number of aryl methyl sites for hydroxylation is 1. The van der Waals surface area contributed by atoms with Crippen molar-refractivity contribution in [2.24, 2.45) is 5.92 Å². The number of nitrogens with one attached hydrogen (secondary N) is 1. The quantitative estimate of drug-likeness (QED) is 0.678. The van der Waals surface area contributed by atoms with Gasteiger partial charge in [-0.25, -0.2) is 9.29 Å². The summed E-state index contributed by atoms with van der Waals surface area (Å²) in [6.07, 6.45) is 5.38. The average molecular weight is 385 g/mol. The van der Waals surface area contributed by atoms with E-state index in [9.17, 15) is 4.79 Å². The van der Waals surface area contributed by atoms with Gasteiger partial charge in [-0.2, -0.15) is 0 Å². The molecule has 5 nitrogen and oxygen atoms in total. The Hall–Kier alpha value is -1.96. The molecule has 4 rings (SSSR count). The van der Waals surface area contributed by atoms with Crippen molar-refractivity contribution >= 4 is 44.5 Å². The SMILES string of the molecule is Cc1cccc2sc(NC(=O)C3CCN(Sc4cccnc4)CC3)nc12. The summed E-state index contributed by atoms with van der Waals surface area (Å²) in [5.41, 5.74) is 2.12. The zero-order chi connectivity index (χ0) is 17.9. The van der Waals surface area contributed by atoms with Gasteiger partial charge in [-0.05, 0) is 55.5 Å². The smallest absolute Gasteiger partial charge is 0.229 e. The van der Waals surface area contributed by atoms with Gasteiger partial charge in [-0.3, -0.25) is 9.78 Å². The number of hydrogen-bond donors (Lipinski definition) is 1. The monoisotopic (exact) mass is 384 g/mol. The lowest BCUT2D eigenvalue weighted by molar-refractivity contribution is -0.120. The second-order valence-electron chi connectivity index (χ2n) is 6.41. The van der Waals surface area contributed by atoms with Crippen LogP contribution in [0.3, 0.4) is 0 Å². The molecular weight excluding hydrogens is 364 g/mol. The molecule has 3 aromatic rings. The largest absolute Gasteiger partial charge is 0.302 e. The fourth-order valence-corrected chi connectivity index (χ4v) is 4.99. The number of pyridine rings is 1. The first-order chi connectivity index (χ1) is 12.7. The van der Waals surface area contributed by atoms with Crippen LogP contribution < -0.4 is 5.32 Å². The van der Waals surface area contributed by atoms with Crippen LogP contribution in [0.2, 0.25) is 0 Å². The van der Waals surface area contributed by atoms with Crippen LogP contribution in [-0.2, 0) is 4.79 Å². The number of fused-ring (bicyclic) bond motifs is 1. The van der Waals surface area contributed by atoms with Crippen molar-refractivity contribution in [2.75, 3.05) is 18.4 Å². The molecule has 1 aliphatic rings. The molecule has 2 aromatic heterocycles. The maximum absolute atomic E-state index is 12.6. The lowest BCUT2D eigenvalue weighted by Gasteiger charge is -2.29. The number of thiazole rings is 1. The second kappa shape index (κ2) is 7.73. The van der Waals surface area contributed by atoms with Gasteiger partial charge in [0.1, 0.15) is 0 Å². The molecule has 0 saturated carbocycles. The van der Waals surface area contributed by atoms with Gasteiger partial charge in [0.15, 0.2) is 5.13 Å². The first-order valence-corrected chi connectivity index (χ1v) is 10.3. The van der Waals surface area contributed by atoms with Crippen molar-refractivity contribution in [2.45, 2.75) is 24.7 Å². The molecule has 7 heteroatoms. The first-order valence-electron chi connectivity index (χ1n) is 8.69. The molecule has 0 bridgehead atoms. The summed E-state index contributed by atoms with van der Waals surface area (Å²) < 4.78 is 3.42. The van der Waals surface area contributed by atoms with E-state index in [1.165, 1.54) is 0 Å². The molecular formula is C19H20N4OS2. The maximum Gasteiger partial charge on any atom is 0.229 e. The summed E-state index contributed by atoms with van der Waals surface area (Å²) in [6, 6.07) is 10.1. The lowest BCUT2D eigenvalue weighted by Crippen LogP contribution is -2.34. The van der Waals surface area contributed by atoms with Crippen LogP contribution in [0.1, 0.15) is 18.4 Å². The third-order valence-electron chi connectivity index (χ3n) is 4.54. The van der Waals surface area contributed by atoms with E-state index in [-0.39, 0.29) is 11.8 Å². The summed E-state index contributed by atoms with van der Waals surface area (Å²) in [7, 11) is 0. The Balaban J connectivity index is 1.33. The zero-order valence-corrected chi connectivity index (χ0v) is 16.1. The van der Waals surface area contributed by atoms with Crippen molar-refractivity contribution in [3.63, 3.8) is 0 Å². The number of carbonyl (C=O) groups is 1. The van der Waals surface area contributed by atoms with Crippen LogP contribution >= 0.6 is 23.3 Å². The van der Waals surface area contributed by atoms with E-state index < -0.39 is 0 Å². The van der Waals surface area contributed by atoms with Crippen molar-refractivity contribution in [1.29, 1.82) is 0 Å². The van der Waals surface area contributed by atoms with Gasteiger partial charge >= 0.3 is 0 Å². The van der Waals surface area contributed by atoms with Gasteiger partial charge in [0.25, 0.3) is 0 Å². The average Bonchev–Trinajstić information content (AvgIpc) is 3.07. The van der Waals surface area contributed by atoms with E-state index in [0.29, 0.717) is 5.13 Å². The molecule has 1 fully saturated rings. The van der Waals surface area contributed by atoms with Crippen molar-refractivity contribution in [1.82, 2.24) is 14.3 Å². The Morgan fingerprint density at radius 3 is 2.85 bits per heavy atom. The molecule has 26 heavy (non-hydrogen) atoms. The van der Waals surface area contributed by atoms with Gasteiger partial charge in [0, 0.05) is 36.3 Å². The van der Waals surface area contributed by atoms with Crippen LogP contribution in [-0.4, -0.2) is 33.3 Å². The van der Waals surface area contributed by atoms with Crippen LogP contribution in [0.25, 0.3) is 10.2 Å². The number of anilines is 1. The molecule has 1 amide bonds. The third kappa shape index (κ3) is 3.90. The van der Waals surface area contributed by atoms with E-state index in [1.54, 1.807) is 29.5 Å². The standard InChI is InChI=1S/C19H20N4OS2/c1-13-4-2-6-16-17(13)21-19(25-16)22-18(24)14-7-10-23(11-8-14)26-15-5-3-9-20-12-15/h2-6,9,12,14H,7-8,10-11H2,1H3,(H,21,22,24). The summed E-state index contributed by atoms with van der Waals surface area (Å²) in [5.74, 6) is 0.140. The predicted molar refractivity (Wildman–Crippen MR) is 107 cm³/mol. The van der Waals surface area contributed by atoms with Gasteiger partial charge in [-0.15, -0.1) is 0 Å². The Kier molecular flexibility index (Phi) is 5.19. The number of rotatable bonds is 4. The molecule has 3 heterocycles. The number of amides is 1. The summed E-state index contributed by atoms with van der Waals surface area (Å²) in [4.78, 5) is 22.5. The summed E-state index contributed by atoms with van der Waals surface area (Å²) in [6.45, 7) is 3.84. The molecule has 0 unspecified atom stereocenters. The minimum Gasteiger partial charge on any atom is -0.302 e. The molecule has 0 radical (unpaired) electrons. The number of aromatic nitrogens is 2. The highest BCUT2D eigenvalue weighted by molar-refractivity contribution is 7.97. The van der Waals surface area contributed by atoms with E-state index in [0.717, 1.165) is 46.6 Å². The van der Waals surface area contributed by atoms with E-state index >= 15 is 0 Å². The molecule has 0 aliphatic carbocycles. The van der Waals surface area contributed by atoms with Crippen LogP contribution in [0.5, 0.6) is 0 Å². The van der Waals surface area contributed by atoms with E-state index in [1.807, 2.05) is 37.4 Å². The Labute approximate surface area is 161 Å². The molecule has 1 saturated heterocycles. The minimum atomic E-state index is 0.0499. The van der Waals surface area contributed by atoms with Crippen molar-refractivity contribution < 1.29 is 4.79 Å². The van der Waals surface area contributed by atoms with Crippen LogP contribution in [0.15, 0.2) is 47.6 Å². The molecule has 0 spiro atoms. The van der Waals surface area contributed by atoms with E-state index in [2.05, 4.69) is 25.7 Å². The molecule has 1 N–H and O–H groups in total. The Bertz CT molecular complexity index is 904. The van der Waals surface area contributed by atoms with E-state index in [4.69, 9.17) is 0 Å². The van der Waals surface area contributed by atoms with Gasteiger partial charge in [0.05, 0.1) is 10.2 Å². The molecule has 0 atom stereocenters. The molecule has 1 aliphatic heterocycles. The van der Waals surface area contributed by atoms with Gasteiger partial charge < -0.3 is 5.32 Å². The number of para-hydroxylation sites is 1. The third-order valence-corrected chi connectivity index (χ3v) is 6.56. The molecule has 134 valence electrons. The number of benzene rings is 1. The van der Waals surface area contributed by atoms with Crippen LogP contribution in [0.4, 0.5) is 5.13 Å². The number of hydrogen-bond acceptors (Lipinski definition) is 6. The summed E-state index contributed by atoms with van der Waals surface area (Å²) in [5, 5.41) is 3.73. The number of carbonyl (C=O) groups excluding carboxylic acids is 1. The van der Waals surface area contributed by atoms with Gasteiger partial charge in [0.2, 0.25) is 5.91 Å². The Morgan fingerprint density at radius 1 is 1.27 bits per heavy atom. The highest BCUT2D eigenvalue weighted by Gasteiger charge is 2.26. The van der Waals surface area contributed by atoms with Crippen LogP contribution in [0, 0.1) is 12.8 Å². The fraction of sp³-hybridized carbons (Fsp3) is 0.316. The van der Waals surface area contributed by atoms with Crippen molar-refractivity contribution in [3.05, 3.63) is 48.3 Å². The number of nitrogens with zero attached hydrogens (tertiary/aromatic N) is 3. The van der Waals surface area contributed by atoms with Gasteiger partial charge in [-0.1, -0.05) is 23.5 Å². The fourth-order valence-electron chi connectivity index (χ4n) is 3.11. The topological polar surface area (TPSA) is 58.1 Å². The second-order valence-corrected chi connectivity index (χ2v) is 8.61. The lowest BCUT2D eigenvalue weighted by atomic mass is 9.97. The normalized spacial score (nSPS) is 16.0. The minimum absolute atomic E-state index is 0.0499. The first kappa shape index (κ1) is 17.5. The van der Waals surface area contributed by atoms with Crippen molar-refractivity contribution in [3.8, 4) is 0 Å². The highest BCUT2D eigenvalue weighted by Crippen LogP contribution is 2.31. The maximum atomic E-state index is 12.6. The predicted octanol–water partition coefficient (Wildman–Crippen LogP) is 4.36. The number of piperidine rings is 1. The highest BCUT2D eigenvalue weighted by atomic mass is 32.2. The molecule has 1 aromatic carbocycles. The zero-order valence-electron chi connectivity index (χ0n) is 14.5.